The van der Waals surface area contributed by atoms with Crippen molar-refractivity contribution in [2.24, 2.45) is 0 Å². The first-order chi connectivity index (χ1) is 11.1. The van der Waals surface area contributed by atoms with E-state index in [4.69, 9.17) is 16.3 Å². The highest BCUT2D eigenvalue weighted by molar-refractivity contribution is 6.30. The molecule has 0 aliphatic carbocycles. The molecule has 3 rings (SSSR count). The molecule has 0 saturated carbocycles. The third-order valence-corrected chi connectivity index (χ3v) is 4.00. The van der Waals surface area contributed by atoms with Crippen molar-refractivity contribution in [1.29, 1.82) is 0 Å². The van der Waals surface area contributed by atoms with Gasteiger partial charge in [-0.15, -0.1) is 0 Å². The summed E-state index contributed by atoms with van der Waals surface area (Å²) >= 11 is 5.63. The van der Waals surface area contributed by atoms with Crippen LogP contribution in [0.3, 0.4) is 0 Å². The smallest absolute Gasteiger partial charge is 0.251 e. The lowest BCUT2D eigenvalue weighted by Gasteiger charge is -2.23. The second kappa shape index (κ2) is 6.64. The summed E-state index contributed by atoms with van der Waals surface area (Å²) in [6, 6.07) is 3.93. The Kier molecular flexibility index (Phi) is 4.58. The zero-order chi connectivity index (χ0) is 16.4. The van der Waals surface area contributed by atoms with E-state index in [9.17, 15) is 9.18 Å². The van der Waals surface area contributed by atoms with Crippen LogP contribution in [0.5, 0.6) is 0 Å². The molecule has 1 aromatic heterocycles. The molecular formula is C15H16ClFN4O2. The first-order valence-corrected chi connectivity index (χ1v) is 7.62. The number of halogens is 2. The van der Waals surface area contributed by atoms with Gasteiger partial charge in [-0.05, 0) is 24.6 Å². The molecule has 0 radical (unpaired) electrons. The Morgan fingerprint density at radius 2 is 2.39 bits per heavy atom. The zero-order valence-electron chi connectivity index (χ0n) is 12.6. The molecule has 1 N–H and O–H groups in total. The molecule has 0 spiro atoms. The van der Waals surface area contributed by atoms with Gasteiger partial charge in [-0.1, -0.05) is 11.6 Å². The van der Waals surface area contributed by atoms with Gasteiger partial charge < -0.3 is 10.1 Å². The van der Waals surface area contributed by atoms with Crippen molar-refractivity contribution in [3.63, 3.8) is 0 Å². The van der Waals surface area contributed by atoms with Gasteiger partial charge in [-0.25, -0.2) is 14.1 Å². The Labute approximate surface area is 137 Å². The molecule has 6 nitrogen and oxygen atoms in total. The molecule has 0 fully saturated rings. The highest BCUT2D eigenvalue weighted by atomic mass is 35.5. The van der Waals surface area contributed by atoms with E-state index in [0.717, 1.165) is 24.7 Å². The molecule has 23 heavy (non-hydrogen) atoms. The summed E-state index contributed by atoms with van der Waals surface area (Å²) in [5.41, 5.74) is 0.247. The normalized spacial score (nSPS) is 16.9. The van der Waals surface area contributed by atoms with Gasteiger partial charge >= 0.3 is 0 Å². The van der Waals surface area contributed by atoms with Crippen LogP contribution in [0.25, 0.3) is 0 Å². The predicted molar refractivity (Wildman–Crippen MR) is 81.7 cm³/mol. The molecule has 0 saturated heterocycles. The van der Waals surface area contributed by atoms with E-state index in [0.29, 0.717) is 19.0 Å². The van der Waals surface area contributed by atoms with Crippen LogP contribution in [-0.4, -0.2) is 33.8 Å². The van der Waals surface area contributed by atoms with Crippen LogP contribution in [0.2, 0.25) is 5.02 Å². The van der Waals surface area contributed by atoms with Crippen molar-refractivity contribution in [2.75, 3.05) is 7.11 Å². The highest BCUT2D eigenvalue weighted by Gasteiger charge is 2.23. The van der Waals surface area contributed by atoms with Crippen molar-refractivity contribution in [3.8, 4) is 0 Å². The predicted octanol–water partition coefficient (Wildman–Crippen LogP) is 1.96. The number of methoxy groups -OCH3 is 1. The largest absolute Gasteiger partial charge is 0.377 e. The minimum atomic E-state index is -0.606. The lowest BCUT2D eigenvalue weighted by Crippen LogP contribution is -2.41. The summed E-state index contributed by atoms with van der Waals surface area (Å²) in [5.74, 6) is 0.589. The van der Waals surface area contributed by atoms with Gasteiger partial charge in [0.25, 0.3) is 5.91 Å². The molecule has 0 bridgehead atoms. The van der Waals surface area contributed by atoms with Crippen molar-refractivity contribution in [1.82, 2.24) is 20.1 Å². The maximum Gasteiger partial charge on any atom is 0.251 e. The first-order valence-electron chi connectivity index (χ1n) is 7.24. The van der Waals surface area contributed by atoms with Crippen LogP contribution in [0.1, 0.15) is 28.4 Å². The van der Waals surface area contributed by atoms with Gasteiger partial charge in [0.15, 0.2) is 5.82 Å². The Morgan fingerprint density at radius 3 is 3.13 bits per heavy atom. The Balaban J connectivity index is 1.66. The van der Waals surface area contributed by atoms with Crippen molar-refractivity contribution < 1.29 is 13.9 Å². The molecule has 1 atom stereocenters. The monoisotopic (exact) mass is 338 g/mol. The molecule has 0 unspecified atom stereocenters. The van der Waals surface area contributed by atoms with Gasteiger partial charge in [-0.3, -0.25) is 4.79 Å². The minimum absolute atomic E-state index is 0.00264. The SMILES string of the molecule is COCc1nc2n(n1)C[C@@H](NC(=O)c1ccc(Cl)c(F)c1)CC2. The summed E-state index contributed by atoms with van der Waals surface area (Å²) in [6.07, 6.45) is 1.48. The third kappa shape index (κ3) is 3.51. The number of benzene rings is 1. The highest BCUT2D eigenvalue weighted by Crippen LogP contribution is 2.17. The minimum Gasteiger partial charge on any atom is -0.377 e. The number of nitrogens with one attached hydrogen (secondary N) is 1. The number of hydrogen-bond donors (Lipinski definition) is 1. The van der Waals surface area contributed by atoms with Crippen molar-refractivity contribution in [2.45, 2.75) is 32.0 Å². The fraction of sp³-hybridized carbons (Fsp3) is 0.400. The quantitative estimate of drug-likeness (QED) is 0.925. The summed E-state index contributed by atoms with van der Waals surface area (Å²) in [7, 11) is 1.59. The van der Waals surface area contributed by atoms with Crippen molar-refractivity contribution in [3.05, 3.63) is 46.3 Å². The second-order valence-corrected chi connectivity index (χ2v) is 5.80. The third-order valence-electron chi connectivity index (χ3n) is 3.69. The van der Waals surface area contributed by atoms with Gasteiger partial charge in [0.05, 0.1) is 11.6 Å². The van der Waals surface area contributed by atoms with E-state index in [1.54, 1.807) is 11.8 Å². The van der Waals surface area contributed by atoms with Crippen LogP contribution < -0.4 is 5.32 Å². The maximum absolute atomic E-state index is 13.4. The average Bonchev–Trinajstić information content (AvgIpc) is 2.92. The Morgan fingerprint density at radius 1 is 1.57 bits per heavy atom. The summed E-state index contributed by atoms with van der Waals surface area (Å²) < 4.78 is 20.2. The number of hydrogen-bond acceptors (Lipinski definition) is 4. The lowest BCUT2D eigenvalue weighted by molar-refractivity contribution is 0.0925. The molecule has 2 heterocycles. The number of carbonyl (C=O) groups is 1. The topological polar surface area (TPSA) is 69.0 Å². The fourth-order valence-electron chi connectivity index (χ4n) is 2.57. The van der Waals surface area contributed by atoms with Crippen LogP contribution in [-0.2, 0) is 24.3 Å². The molecule has 1 amide bonds. The number of nitrogens with zero attached hydrogens (tertiary/aromatic N) is 3. The number of ether oxygens (including phenoxy) is 1. The van der Waals surface area contributed by atoms with Gasteiger partial charge in [0, 0.05) is 25.1 Å². The fourth-order valence-corrected chi connectivity index (χ4v) is 2.69. The number of amides is 1. The van der Waals surface area contributed by atoms with E-state index in [2.05, 4.69) is 15.4 Å². The van der Waals surface area contributed by atoms with E-state index in [1.165, 1.54) is 12.1 Å². The van der Waals surface area contributed by atoms with Crippen LogP contribution in [0.15, 0.2) is 18.2 Å². The van der Waals surface area contributed by atoms with E-state index in [-0.39, 0.29) is 22.5 Å². The second-order valence-electron chi connectivity index (χ2n) is 5.40. The van der Waals surface area contributed by atoms with Gasteiger partial charge in [0.1, 0.15) is 18.2 Å². The zero-order valence-corrected chi connectivity index (χ0v) is 13.3. The summed E-state index contributed by atoms with van der Waals surface area (Å²) in [4.78, 5) is 16.6. The summed E-state index contributed by atoms with van der Waals surface area (Å²) in [5, 5.41) is 7.24. The van der Waals surface area contributed by atoms with E-state index < -0.39 is 5.82 Å². The molecule has 8 heteroatoms. The van der Waals surface area contributed by atoms with E-state index in [1.807, 2.05) is 0 Å². The van der Waals surface area contributed by atoms with Crippen molar-refractivity contribution >= 4 is 17.5 Å². The van der Waals surface area contributed by atoms with Gasteiger partial charge in [0.2, 0.25) is 0 Å². The number of carbonyl (C=O) groups excluding carboxylic acids is 1. The molecule has 2 aromatic rings. The molecule has 1 aliphatic heterocycles. The van der Waals surface area contributed by atoms with E-state index >= 15 is 0 Å². The standard InChI is InChI=1S/C15H16ClFN4O2/c1-23-8-13-19-14-5-3-10(7-21(14)20-13)18-15(22)9-2-4-11(16)12(17)6-9/h2,4,6,10H,3,5,7-8H2,1H3,(H,18,22)/t10-/m0/s1. The molecule has 122 valence electrons. The number of aryl methyl sites for hydroxylation is 1. The Bertz CT molecular complexity index is 734. The summed E-state index contributed by atoms with van der Waals surface area (Å²) in [6.45, 7) is 0.898. The number of fused-ring (bicyclic) bond motifs is 1. The molecule has 1 aliphatic rings. The number of rotatable bonds is 4. The van der Waals surface area contributed by atoms with Crippen LogP contribution >= 0.6 is 11.6 Å². The first kappa shape index (κ1) is 15.9. The van der Waals surface area contributed by atoms with Gasteiger partial charge in [-0.2, -0.15) is 5.10 Å². The molecular weight excluding hydrogens is 323 g/mol. The Hall–Kier alpha value is -1.99. The lowest BCUT2D eigenvalue weighted by atomic mass is 10.1. The van der Waals surface area contributed by atoms with Crippen LogP contribution in [0, 0.1) is 5.82 Å². The maximum atomic E-state index is 13.4. The number of aromatic nitrogens is 3. The van der Waals surface area contributed by atoms with Crippen LogP contribution in [0.4, 0.5) is 4.39 Å². The molecule has 1 aromatic carbocycles. The average molecular weight is 339 g/mol.